The Hall–Kier alpha value is -2.63. The van der Waals surface area contributed by atoms with Gasteiger partial charge >= 0.3 is 6.61 Å². The van der Waals surface area contributed by atoms with Crippen molar-refractivity contribution in [1.29, 1.82) is 0 Å². The van der Waals surface area contributed by atoms with Gasteiger partial charge in [-0.25, -0.2) is 0 Å². The molecule has 0 aliphatic carbocycles. The van der Waals surface area contributed by atoms with Gasteiger partial charge in [0.15, 0.2) is 11.5 Å². The van der Waals surface area contributed by atoms with Crippen LogP contribution in [0.5, 0.6) is 11.5 Å². The van der Waals surface area contributed by atoms with Crippen molar-refractivity contribution in [2.45, 2.75) is 32.8 Å². The number of methoxy groups -OCH3 is 1. The van der Waals surface area contributed by atoms with Gasteiger partial charge in [-0.3, -0.25) is 4.79 Å². The van der Waals surface area contributed by atoms with Crippen LogP contribution in [0.15, 0.2) is 42.5 Å². The van der Waals surface area contributed by atoms with E-state index < -0.39 is 6.61 Å². The summed E-state index contributed by atoms with van der Waals surface area (Å²) >= 11 is 0. The second kappa shape index (κ2) is 8.46. The van der Waals surface area contributed by atoms with E-state index in [1.165, 1.54) is 30.9 Å². The van der Waals surface area contributed by atoms with Crippen molar-refractivity contribution < 1.29 is 23.0 Å². The lowest BCUT2D eigenvalue weighted by Gasteiger charge is -2.12. The van der Waals surface area contributed by atoms with Crippen LogP contribution < -0.4 is 14.8 Å². The number of hydrogen-bond acceptors (Lipinski definition) is 3. The molecule has 1 N–H and O–H groups in total. The third-order valence-corrected chi connectivity index (χ3v) is 3.99. The molecule has 0 heterocycles. The zero-order valence-electron chi connectivity index (χ0n) is 14.4. The van der Waals surface area contributed by atoms with Crippen LogP contribution in [0.1, 0.15) is 42.1 Å². The van der Waals surface area contributed by atoms with Gasteiger partial charge in [-0.2, -0.15) is 8.78 Å². The number of halogens is 2. The van der Waals surface area contributed by atoms with Gasteiger partial charge < -0.3 is 14.8 Å². The van der Waals surface area contributed by atoms with Crippen LogP contribution >= 0.6 is 0 Å². The Kier molecular flexibility index (Phi) is 6.33. The summed E-state index contributed by atoms with van der Waals surface area (Å²) in [5.74, 6) is 0.0432. The molecular weight excluding hydrogens is 328 g/mol. The molecular formula is C19H21F2NO3. The summed E-state index contributed by atoms with van der Waals surface area (Å²) in [7, 11) is 1.32. The number of carbonyl (C=O) groups excluding carboxylic acids is 1. The summed E-state index contributed by atoms with van der Waals surface area (Å²) in [6.45, 7) is 1.30. The van der Waals surface area contributed by atoms with E-state index in [4.69, 9.17) is 4.74 Å². The molecule has 0 fully saturated rings. The predicted molar refractivity (Wildman–Crippen MR) is 92.7 cm³/mol. The molecule has 0 saturated carbocycles. The molecule has 134 valence electrons. The first-order valence-corrected chi connectivity index (χ1v) is 7.98. The van der Waals surface area contributed by atoms with Crippen LogP contribution in [0, 0.1) is 0 Å². The maximum Gasteiger partial charge on any atom is 0.387 e. The Morgan fingerprint density at radius 1 is 1.12 bits per heavy atom. The van der Waals surface area contributed by atoms with Gasteiger partial charge in [0.1, 0.15) is 0 Å². The summed E-state index contributed by atoms with van der Waals surface area (Å²) in [4.78, 5) is 12.3. The van der Waals surface area contributed by atoms with Gasteiger partial charge in [-0.15, -0.1) is 0 Å². The maximum atomic E-state index is 12.3. The molecule has 2 aromatic carbocycles. The van der Waals surface area contributed by atoms with Gasteiger partial charge in [0.05, 0.1) is 7.11 Å². The van der Waals surface area contributed by atoms with Crippen molar-refractivity contribution in [3.05, 3.63) is 53.6 Å². The lowest BCUT2D eigenvalue weighted by molar-refractivity contribution is -0.0512. The average Bonchev–Trinajstić information content (AvgIpc) is 2.61. The fourth-order valence-corrected chi connectivity index (χ4v) is 2.34. The number of carbonyl (C=O) groups is 1. The minimum absolute atomic E-state index is 0.0695. The van der Waals surface area contributed by atoms with Crippen LogP contribution in [-0.2, 0) is 0 Å². The van der Waals surface area contributed by atoms with Crippen LogP contribution in [0.2, 0.25) is 0 Å². The highest BCUT2D eigenvalue weighted by atomic mass is 19.3. The maximum absolute atomic E-state index is 12.3. The van der Waals surface area contributed by atoms with Gasteiger partial charge in [-0.1, -0.05) is 26.0 Å². The van der Waals surface area contributed by atoms with Crippen molar-refractivity contribution in [2.75, 3.05) is 12.4 Å². The highest BCUT2D eigenvalue weighted by Crippen LogP contribution is 2.30. The first-order valence-electron chi connectivity index (χ1n) is 7.98. The molecule has 4 nitrogen and oxygen atoms in total. The van der Waals surface area contributed by atoms with E-state index in [-0.39, 0.29) is 23.0 Å². The average molecular weight is 349 g/mol. The molecule has 1 amide bonds. The Morgan fingerprint density at radius 3 is 2.36 bits per heavy atom. The monoisotopic (exact) mass is 349 g/mol. The van der Waals surface area contributed by atoms with Gasteiger partial charge in [0, 0.05) is 11.3 Å². The van der Waals surface area contributed by atoms with Crippen molar-refractivity contribution >= 4 is 11.6 Å². The van der Waals surface area contributed by atoms with Gasteiger partial charge in [-0.05, 0) is 48.2 Å². The zero-order valence-corrected chi connectivity index (χ0v) is 14.4. The van der Waals surface area contributed by atoms with E-state index in [1.54, 1.807) is 0 Å². The number of hydrogen-bond donors (Lipinski definition) is 1. The van der Waals surface area contributed by atoms with E-state index in [1.807, 2.05) is 24.3 Å². The molecule has 25 heavy (non-hydrogen) atoms. The number of anilines is 1. The second-order valence-corrected chi connectivity index (χ2v) is 5.63. The largest absolute Gasteiger partial charge is 0.493 e. The minimum atomic E-state index is -2.96. The first kappa shape index (κ1) is 18.7. The molecule has 2 aromatic rings. The summed E-state index contributed by atoms with van der Waals surface area (Å²) in [6, 6.07) is 11.7. The van der Waals surface area contributed by atoms with Crippen LogP contribution in [0.3, 0.4) is 0 Å². The quantitative estimate of drug-likeness (QED) is 0.760. The SMILES string of the molecule is CC[C@@H](C)c1ccc(NC(=O)c2ccc(OC(F)F)c(OC)c2)cc1. The fraction of sp³-hybridized carbons (Fsp3) is 0.316. The summed E-state index contributed by atoms with van der Waals surface area (Å²) in [5, 5.41) is 2.77. The number of nitrogens with one attached hydrogen (secondary N) is 1. The Balaban J connectivity index is 2.12. The molecule has 0 bridgehead atoms. The standard InChI is InChI=1S/C19H21F2NO3/c1-4-12(2)13-5-8-15(9-6-13)22-18(23)14-7-10-16(25-19(20)21)17(11-14)24-3/h5-12,19H,4H2,1-3H3,(H,22,23)/t12-/m1/s1. The molecule has 0 aromatic heterocycles. The van der Waals surface area contributed by atoms with Crippen LogP contribution in [0.25, 0.3) is 0 Å². The van der Waals surface area contributed by atoms with E-state index in [0.717, 1.165) is 6.42 Å². The van der Waals surface area contributed by atoms with E-state index in [0.29, 0.717) is 11.6 Å². The van der Waals surface area contributed by atoms with Crippen molar-refractivity contribution in [1.82, 2.24) is 0 Å². The molecule has 2 rings (SSSR count). The third kappa shape index (κ3) is 4.92. The minimum Gasteiger partial charge on any atom is -0.493 e. The van der Waals surface area contributed by atoms with E-state index in [9.17, 15) is 13.6 Å². The number of benzene rings is 2. The molecule has 0 aliphatic heterocycles. The van der Waals surface area contributed by atoms with Crippen molar-refractivity contribution in [2.24, 2.45) is 0 Å². The highest BCUT2D eigenvalue weighted by Gasteiger charge is 2.14. The first-order chi connectivity index (χ1) is 11.9. The van der Waals surface area contributed by atoms with Crippen molar-refractivity contribution in [3.63, 3.8) is 0 Å². The third-order valence-electron chi connectivity index (χ3n) is 3.99. The molecule has 0 spiro atoms. The normalized spacial score (nSPS) is 11.9. The Morgan fingerprint density at radius 2 is 1.80 bits per heavy atom. The molecule has 0 aliphatic rings. The lowest BCUT2D eigenvalue weighted by Crippen LogP contribution is -2.12. The summed E-state index contributed by atoms with van der Waals surface area (Å²) in [6.07, 6.45) is 1.04. The molecule has 6 heteroatoms. The molecule has 0 unspecified atom stereocenters. The second-order valence-electron chi connectivity index (χ2n) is 5.63. The highest BCUT2D eigenvalue weighted by molar-refractivity contribution is 6.04. The van der Waals surface area contributed by atoms with Gasteiger partial charge in [0.25, 0.3) is 5.91 Å². The summed E-state index contributed by atoms with van der Waals surface area (Å²) < 4.78 is 34.0. The van der Waals surface area contributed by atoms with Crippen LogP contribution in [-0.4, -0.2) is 19.6 Å². The Labute approximate surface area is 145 Å². The predicted octanol–water partition coefficient (Wildman–Crippen LogP) is 5.06. The molecule has 0 radical (unpaired) electrons. The number of rotatable bonds is 7. The molecule has 0 saturated heterocycles. The zero-order chi connectivity index (χ0) is 18.4. The van der Waals surface area contributed by atoms with Gasteiger partial charge in [0.2, 0.25) is 0 Å². The lowest BCUT2D eigenvalue weighted by atomic mass is 9.98. The number of alkyl halides is 2. The number of amides is 1. The van der Waals surface area contributed by atoms with E-state index in [2.05, 4.69) is 23.9 Å². The van der Waals surface area contributed by atoms with E-state index >= 15 is 0 Å². The topological polar surface area (TPSA) is 47.6 Å². The molecule has 1 atom stereocenters. The summed E-state index contributed by atoms with van der Waals surface area (Å²) in [5.41, 5.74) is 2.14. The van der Waals surface area contributed by atoms with Crippen LogP contribution in [0.4, 0.5) is 14.5 Å². The van der Waals surface area contributed by atoms with Crippen molar-refractivity contribution in [3.8, 4) is 11.5 Å². The Bertz CT molecular complexity index is 717. The number of ether oxygens (including phenoxy) is 2. The fourth-order valence-electron chi connectivity index (χ4n) is 2.34. The smallest absolute Gasteiger partial charge is 0.387 e.